The molecule has 1 heterocycles. The van der Waals surface area contributed by atoms with Gasteiger partial charge in [0.25, 0.3) is 11.8 Å². The lowest BCUT2D eigenvalue weighted by atomic mass is 10.1. The van der Waals surface area contributed by atoms with Gasteiger partial charge in [-0.2, -0.15) is 0 Å². The Morgan fingerprint density at radius 3 is 2.19 bits per heavy atom. The van der Waals surface area contributed by atoms with Gasteiger partial charge in [-0.05, 0) is 30.3 Å². The van der Waals surface area contributed by atoms with Gasteiger partial charge in [-0.15, -0.1) is 0 Å². The van der Waals surface area contributed by atoms with E-state index < -0.39 is 27.6 Å². The molecule has 9 heteroatoms. The molecule has 0 aromatic heterocycles. The molecule has 7 nitrogen and oxygen atoms in total. The van der Waals surface area contributed by atoms with E-state index in [1.54, 1.807) is 12.1 Å². The number of hydroxylamine groups is 2. The minimum Gasteiger partial charge on any atom is -0.324 e. The molecule has 0 fully saturated rings. The van der Waals surface area contributed by atoms with E-state index in [-0.39, 0.29) is 32.4 Å². The predicted molar refractivity (Wildman–Crippen MR) is 91.5 cm³/mol. The second kappa shape index (κ2) is 6.54. The van der Waals surface area contributed by atoms with E-state index in [1.807, 2.05) is 0 Å². The predicted octanol–water partition coefficient (Wildman–Crippen LogP) is 2.50. The zero-order valence-corrected chi connectivity index (χ0v) is 15.0. The van der Waals surface area contributed by atoms with Gasteiger partial charge in [0, 0.05) is 0 Å². The highest BCUT2D eigenvalue weighted by Crippen LogP contribution is 2.26. The number of sulfone groups is 1. The quantitative estimate of drug-likeness (QED) is 0.740. The van der Waals surface area contributed by atoms with Gasteiger partial charge in [-0.1, -0.05) is 35.7 Å². The Kier molecular flexibility index (Phi) is 4.55. The summed E-state index contributed by atoms with van der Waals surface area (Å²) < 4.78 is 23.9. The highest BCUT2D eigenvalue weighted by Gasteiger charge is 2.39. The first-order valence-electron chi connectivity index (χ1n) is 7.48. The summed E-state index contributed by atoms with van der Waals surface area (Å²) in [5, 5.41) is 0.270. The monoisotopic (exact) mass is 393 g/mol. The maximum atomic E-state index is 12.4. The summed E-state index contributed by atoms with van der Waals surface area (Å²) in [6.07, 6.45) is 0. The van der Waals surface area contributed by atoms with E-state index in [0.717, 1.165) is 6.07 Å². The molecule has 134 valence electrons. The fourth-order valence-electron chi connectivity index (χ4n) is 2.40. The molecule has 0 atom stereocenters. The van der Waals surface area contributed by atoms with Gasteiger partial charge < -0.3 is 4.84 Å². The topological polar surface area (TPSA) is 97.8 Å². The number of carbonyl (C=O) groups excluding carboxylic acids is 3. The number of fused-ring (bicyclic) bond motifs is 1. The average molecular weight is 394 g/mol. The third kappa shape index (κ3) is 2.97. The average Bonchev–Trinajstić information content (AvgIpc) is 2.87. The molecule has 1 aliphatic heterocycles. The summed E-state index contributed by atoms with van der Waals surface area (Å²) in [6.45, 7) is 1.46. The molecule has 26 heavy (non-hydrogen) atoms. The molecule has 2 amide bonds. The molecular weight excluding hydrogens is 382 g/mol. The molecule has 0 aliphatic carbocycles. The molecule has 0 unspecified atom stereocenters. The van der Waals surface area contributed by atoms with Crippen molar-refractivity contribution in [2.75, 3.05) is 5.75 Å². The second-order valence-electron chi connectivity index (χ2n) is 5.37. The van der Waals surface area contributed by atoms with Crippen LogP contribution in [-0.2, 0) is 14.7 Å². The van der Waals surface area contributed by atoms with Gasteiger partial charge in [0.15, 0.2) is 9.84 Å². The van der Waals surface area contributed by atoms with Crippen LogP contribution in [0.15, 0.2) is 47.4 Å². The Balaban J connectivity index is 1.91. The molecule has 0 radical (unpaired) electrons. The van der Waals surface area contributed by atoms with Crippen molar-refractivity contribution in [3.05, 3.63) is 64.2 Å². The molecular formula is C17H12ClNO6S. The van der Waals surface area contributed by atoms with Crippen LogP contribution in [0.1, 0.15) is 38.0 Å². The largest absolute Gasteiger partial charge is 0.365 e. The highest BCUT2D eigenvalue weighted by molar-refractivity contribution is 7.91. The summed E-state index contributed by atoms with van der Waals surface area (Å²) in [5.41, 5.74) is -0.0461. The van der Waals surface area contributed by atoms with E-state index in [0.29, 0.717) is 5.06 Å². The van der Waals surface area contributed by atoms with Crippen molar-refractivity contribution in [2.45, 2.75) is 11.8 Å². The van der Waals surface area contributed by atoms with Crippen LogP contribution < -0.4 is 0 Å². The lowest BCUT2D eigenvalue weighted by Crippen LogP contribution is -2.32. The molecule has 0 bridgehead atoms. The first-order valence-corrected chi connectivity index (χ1v) is 9.51. The van der Waals surface area contributed by atoms with Crippen LogP contribution in [0.2, 0.25) is 5.02 Å². The van der Waals surface area contributed by atoms with Crippen molar-refractivity contribution in [2.24, 2.45) is 0 Å². The van der Waals surface area contributed by atoms with Gasteiger partial charge in [-0.3, -0.25) is 9.59 Å². The third-order valence-electron chi connectivity index (χ3n) is 3.83. The number of amides is 2. The van der Waals surface area contributed by atoms with Gasteiger partial charge in [-0.25, -0.2) is 13.2 Å². The standard InChI is InChI=1S/C17H12ClNO6S/c1-2-26(23,24)10-7-8-14(18)13(9-10)17(22)25-19-15(20)11-5-3-4-6-12(11)16(19)21/h3-9H,2H2,1H3. The van der Waals surface area contributed by atoms with Crippen LogP contribution >= 0.6 is 11.6 Å². The summed E-state index contributed by atoms with van der Waals surface area (Å²) in [4.78, 5) is 41.6. The van der Waals surface area contributed by atoms with Crippen LogP contribution in [0.5, 0.6) is 0 Å². The van der Waals surface area contributed by atoms with E-state index in [9.17, 15) is 22.8 Å². The molecule has 1 aliphatic rings. The summed E-state index contributed by atoms with van der Waals surface area (Å²) >= 11 is 5.95. The first kappa shape index (κ1) is 18.1. The number of rotatable bonds is 4. The molecule has 2 aromatic rings. The van der Waals surface area contributed by atoms with E-state index >= 15 is 0 Å². The van der Waals surface area contributed by atoms with Gasteiger partial charge in [0.05, 0.1) is 32.4 Å². The molecule has 3 rings (SSSR count). The Labute approximate surface area is 154 Å². The van der Waals surface area contributed by atoms with Crippen LogP contribution in [0, 0.1) is 0 Å². The number of carbonyl (C=O) groups is 3. The van der Waals surface area contributed by atoms with Gasteiger partial charge >= 0.3 is 5.97 Å². The fraction of sp³-hybridized carbons (Fsp3) is 0.118. The van der Waals surface area contributed by atoms with Crippen molar-refractivity contribution in [1.29, 1.82) is 0 Å². The molecule has 0 saturated heterocycles. The minimum absolute atomic E-state index is 0.0679. The number of nitrogens with zero attached hydrogens (tertiary/aromatic N) is 1. The smallest absolute Gasteiger partial charge is 0.324 e. The summed E-state index contributed by atoms with van der Waals surface area (Å²) in [7, 11) is -3.58. The Morgan fingerprint density at radius 1 is 1.08 bits per heavy atom. The van der Waals surface area contributed by atoms with Crippen LogP contribution in [-0.4, -0.2) is 37.0 Å². The van der Waals surface area contributed by atoms with Crippen LogP contribution in [0.25, 0.3) is 0 Å². The molecule has 0 N–H and O–H groups in total. The summed E-state index contributed by atoms with van der Waals surface area (Å²) in [5.74, 6) is -2.85. The van der Waals surface area contributed by atoms with E-state index in [1.165, 1.54) is 31.2 Å². The molecule has 2 aromatic carbocycles. The summed E-state index contributed by atoms with van der Waals surface area (Å²) in [6, 6.07) is 9.58. The Hall–Kier alpha value is -2.71. The van der Waals surface area contributed by atoms with Crippen molar-refractivity contribution in [3.8, 4) is 0 Å². The third-order valence-corrected chi connectivity index (χ3v) is 5.89. The van der Waals surface area contributed by atoms with Crippen molar-refractivity contribution in [1.82, 2.24) is 5.06 Å². The lowest BCUT2D eigenvalue weighted by Gasteiger charge is -2.13. The van der Waals surface area contributed by atoms with Crippen LogP contribution in [0.3, 0.4) is 0 Å². The number of hydrogen-bond donors (Lipinski definition) is 0. The number of hydrogen-bond acceptors (Lipinski definition) is 6. The molecule has 0 spiro atoms. The Bertz CT molecular complexity index is 1010. The highest BCUT2D eigenvalue weighted by atomic mass is 35.5. The molecule has 0 saturated carbocycles. The SMILES string of the molecule is CCS(=O)(=O)c1ccc(Cl)c(C(=O)ON2C(=O)c3ccccc3C2=O)c1. The first-order chi connectivity index (χ1) is 12.3. The minimum atomic E-state index is -3.58. The maximum Gasteiger partial charge on any atom is 0.365 e. The Morgan fingerprint density at radius 2 is 1.65 bits per heavy atom. The van der Waals surface area contributed by atoms with Crippen molar-refractivity contribution in [3.63, 3.8) is 0 Å². The van der Waals surface area contributed by atoms with Crippen LogP contribution in [0.4, 0.5) is 0 Å². The fourth-order valence-corrected chi connectivity index (χ4v) is 3.50. The van der Waals surface area contributed by atoms with E-state index in [4.69, 9.17) is 16.4 Å². The van der Waals surface area contributed by atoms with Gasteiger partial charge in [0.1, 0.15) is 0 Å². The normalized spacial score (nSPS) is 13.7. The number of imide groups is 1. The number of benzene rings is 2. The zero-order valence-electron chi connectivity index (χ0n) is 13.4. The second-order valence-corrected chi connectivity index (χ2v) is 8.06. The lowest BCUT2D eigenvalue weighted by molar-refractivity contribution is -0.0584. The van der Waals surface area contributed by atoms with Crippen molar-refractivity contribution < 1.29 is 27.6 Å². The van der Waals surface area contributed by atoms with Crippen molar-refractivity contribution >= 4 is 39.2 Å². The zero-order chi connectivity index (χ0) is 19.1. The maximum absolute atomic E-state index is 12.4. The van der Waals surface area contributed by atoms with Gasteiger partial charge in [0.2, 0.25) is 0 Å². The number of halogens is 1. The van der Waals surface area contributed by atoms with E-state index in [2.05, 4.69) is 0 Å².